The Bertz CT molecular complexity index is 803. The van der Waals surface area contributed by atoms with Gasteiger partial charge in [0.25, 0.3) is 5.91 Å². The summed E-state index contributed by atoms with van der Waals surface area (Å²) in [6.45, 7) is 6.01. The van der Waals surface area contributed by atoms with Crippen LogP contribution in [-0.2, 0) is 22.4 Å². The fourth-order valence-corrected chi connectivity index (χ4v) is 4.02. The van der Waals surface area contributed by atoms with Crippen molar-refractivity contribution >= 4 is 44.1 Å². The van der Waals surface area contributed by atoms with Crippen LogP contribution in [0, 0.1) is 0 Å². The number of carbonyl (C=O) groups is 2. The van der Waals surface area contributed by atoms with Gasteiger partial charge in [0.2, 0.25) is 0 Å². The standard InChI is InChI=1S/C20H24BrNO4S/c1-4-7-13-8-9-17(16(21)10-13)26-12-18(23)22-19-15(20(24)25-6-3)11-14(5-2)27-19/h8-11H,4-7,12H2,1-3H3,(H,22,23). The zero-order valence-corrected chi connectivity index (χ0v) is 18.2. The Morgan fingerprint density at radius 2 is 1.96 bits per heavy atom. The Kier molecular flexibility index (Phi) is 8.31. The first-order chi connectivity index (χ1) is 13.0. The second-order valence-electron chi connectivity index (χ2n) is 5.88. The normalized spacial score (nSPS) is 10.5. The van der Waals surface area contributed by atoms with E-state index in [1.165, 1.54) is 16.9 Å². The van der Waals surface area contributed by atoms with Crippen molar-refractivity contribution in [3.8, 4) is 5.75 Å². The van der Waals surface area contributed by atoms with Crippen LogP contribution in [0.15, 0.2) is 28.7 Å². The number of hydrogen-bond donors (Lipinski definition) is 1. The molecule has 0 aliphatic heterocycles. The zero-order chi connectivity index (χ0) is 19.8. The highest BCUT2D eigenvalue weighted by atomic mass is 79.9. The van der Waals surface area contributed by atoms with Crippen LogP contribution in [-0.4, -0.2) is 25.1 Å². The maximum Gasteiger partial charge on any atom is 0.341 e. The minimum Gasteiger partial charge on any atom is -0.483 e. The third-order valence-corrected chi connectivity index (χ3v) is 5.59. The van der Waals surface area contributed by atoms with Gasteiger partial charge in [0.1, 0.15) is 10.8 Å². The predicted octanol–water partition coefficient (Wildman–Crippen LogP) is 5.22. The summed E-state index contributed by atoms with van der Waals surface area (Å²) >= 11 is 4.86. The lowest BCUT2D eigenvalue weighted by molar-refractivity contribution is -0.118. The summed E-state index contributed by atoms with van der Waals surface area (Å²) < 4.78 is 11.5. The van der Waals surface area contributed by atoms with Crippen molar-refractivity contribution in [3.05, 3.63) is 44.7 Å². The number of aryl methyl sites for hydroxylation is 2. The summed E-state index contributed by atoms with van der Waals surface area (Å²) in [5, 5.41) is 3.26. The molecule has 0 radical (unpaired) electrons. The molecule has 0 saturated carbocycles. The third kappa shape index (κ3) is 6.07. The van der Waals surface area contributed by atoms with Crippen molar-refractivity contribution < 1.29 is 19.1 Å². The number of rotatable bonds is 9. The van der Waals surface area contributed by atoms with Crippen LogP contribution in [0.5, 0.6) is 5.75 Å². The highest BCUT2D eigenvalue weighted by Crippen LogP contribution is 2.30. The van der Waals surface area contributed by atoms with Crippen LogP contribution in [0.25, 0.3) is 0 Å². The monoisotopic (exact) mass is 453 g/mol. The van der Waals surface area contributed by atoms with E-state index in [-0.39, 0.29) is 19.1 Å². The summed E-state index contributed by atoms with van der Waals surface area (Å²) in [5.41, 5.74) is 1.60. The lowest BCUT2D eigenvalue weighted by atomic mass is 10.1. The molecule has 146 valence electrons. The molecule has 0 atom stereocenters. The molecule has 2 aromatic rings. The molecule has 1 heterocycles. The fourth-order valence-electron chi connectivity index (χ4n) is 2.48. The molecule has 7 heteroatoms. The molecule has 0 unspecified atom stereocenters. The predicted molar refractivity (Wildman–Crippen MR) is 112 cm³/mol. The number of nitrogens with one attached hydrogen (secondary N) is 1. The number of carbonyl (C=O) groups excluding carboxylic acids is 2. The smallest absolute Gasteiger partial charge is 0.341 e. The molecule has 1 amide bonds. The van der Waals surface area contributed by atoms with Crippen molar-refractivity contribution in [2.45, 2.75) is 40.0 Å². The van der Waals surface area contributed by atoms with Crippen LogP contribution < -0.4 is 10.1 Å². The molecule has 0 bridgehead atoms. The molecule has 1 aromatic carbocycles. The van der Waals surface area contributed by atoms with E-state index in [9.17, 15) is 9.59 Å². The number of benzene rings is 1. The number of halogens is 1. The highest BCUT2D eigenvalue weighted by Gasteiger charge is 2.19. The van der Waals surface area contributed by atoms with Crippen LogP contribution in [0.2, 0.25) is 0 Å². The van der Waals surface area contributed by atoms with Crippen molar-refractivity contribution in [2.75, 3.05) is 18.5 Å². The van der Waals surface area contributed by atoms with Crippen LogP contribution in [0.1, 0.15) is 48.0 Å². The number of hydrogen-bond acceptors (Lipinski definition) is 5. The second-order valence-corrected chi connectivity index (χ2v) is 7.87. The van der Waals surface area contributed by atoms with E-state index >= 15 is 0 Å². The Hall–Kier alpha value is -1.86. The maximum absolute atomic E-state index is 12.3. The molecule has 0 aliphatic rings. The van der Waals surface area contributed by atoms with E-state index in [0.717, 1.165) is 28.6 Å². The molecule has 5 nitrogen and oxygen atoms in total. The average Bonchev–Trinajstić information content (AvgIpc) is 3.04. The van der Waals surface area contributed by atoms with E-state index in [4.69, 9.17) is 9.47 Å². The van der Waals surface area contributed by atoms with E-state index in [1.807, 2.05) is 25.1 Å². The quantitative estimate of drug-likeness (QED) is 0.528. The largest absolute Gasteiger partial charge is 0.483 e. The Morgan fingerprint density at radius 3 is 2.59 bits per heavy atom. The molecule has 0 saturated heterocycles. The van der Waals surface area contributed by atoms with Crippen molar-refractivity contribution in [3.63, 3.8) is 0 Å². The van der Waals surface area contributed by atoms with Gasteiger partial charge in [0, 0.05) is 4.88 Å². The number of amides is 1. The van der Waals surface area contributed by atoms with Gasteiger partial charge in [-0.2, -0.15) is 0 Å². The molecule has 0 fully saturated rings. The average molecular weight is 454 g/mol. The number of anilines is 1. The summed E-state index contributed by atoms with van der Waals surface area (Å²) in [6, 6.07) is 7.62. The summed E-state index contributed by atoms with van der Waals surface area (Å²) in [5.74, 6) is -0.149. The minimum atomic E-state index is -0.432. The van der Waals surface area contributed by atoms with E-state index < -0.39 is 5.97 Å². The van der Waals surface area contributed by atoms with Crippen LogP contribution in [0.3, 0.4) is 0 Å². The molecule has 1 N–H and O–H groups in total. The molecule has 2 rings (SSSR count). The first-order valence-electron chi connectivity index (χ1n) is 8.99. The van der Waals surface area contributed by atoms with Gasteiger partial charge in [-0.3, -0.25) is 4.79 Å². The molecular weight excluding hydrogens is 430 g/mol. The lowest BCUT2D eigenvalue weighted by Gasteiger charge is -2.10. The highest BCUT2D eigenvalue weighted by molar-refractivity contribution is 9.10. The number of esters is 1. The SMILES string of the molecule is CCCc1ccc(OCC(=O)Nc2sc(CC)cc2C(=O)OCC)c(Br)c1. The topological polar surface area (TPSA) is 64.6 Å². The Balaban J connectivity index is 2.01. The van der Waals surface area contributed by atoms with Gasteiger partial charge in [-0.1, -0.05) is 26.3 Å². The zero-order valence-electron chi connectivity index (χ0n) is 15.8. The van der Waals surface area contributed by atoms with E-state index in [2.05, 4.69) is 28.2 Å². The van der Waals surface area contributed by atoms with Gasteiger partial charge in [0.15, 0.2) is 6.61 Å². The Morgan fingerprint density at radius 1 is 1.19 bits per heavy atom. The van der Waals surface area contributed by atoms with Crippen molar-refractivity contribution in [1.82, 2.24) is 0 Å². The van der Waals surface area contributed by atoms with Gasteiger partial charge in [-0.15, -0.1) is 11.3 Å². The van der Waals surface area contributed by atoms with Crippen LogP contribution in [0.4, 0.5) is 5.00 Å². The van der Waals surface area contributed by atoms with E-state index in [0.29, 0.717) is 16.3 Å². The van der Waals surface area contributed by atoms with Gasteiger partial charge in [-0.05, 0) is 59.5 Å². The lowest BCUT2D eigenvalue weighted by Crippen LogP contribution is -2.21. The fraction of sp³-hybridized carbons (Fsp3) is 0.400. The van der Waals surface area contributed by atoms with Gasteiger partial charge < -0.3 is 14.8 Å². The second kappa shape index (κ2) is 10.5. The first-order valence-corrected chi connectivity index (χ1v) is 10.6. The molecule has 27 heavy (non-hydrogen) atoms. The van der Waals surface area contributed by atoms with E-state index in [1.54, 1.807) is 13.0 Å². The van der Waals surface area contributed by atoms with Crippen molar-refractivity contribution in [2.24, 2.45) is 0 Å². The van der Waals surface area contributed by atoms with Crippen molar-refractivity contribution in [1.29, 1.82) is 0 Å². The maximum atomic E-state index is 12.3. The first kappa shape index (κ1) is 21.4. The number of thiophene rings is 1. The molecule has 0 aliphatic carbocycles. The van der Waals surface area contributed by atoms with Gasteiger partial charge in [0.05, 0.1) is 16.6 Å². The summed E-state index contributed by atoms with van der Waals surface area (Å²) in [7, 11) is 0. The summed E-state index contributed by atoms with van der Waals surface area (Å²) in [6.07, 6.45) is 2.84. The molecule has 0 spiro atoms. The van der Waals surface area contributed by atoms with Gasteiger partial charge >= 0.3 is 5.97 Å². The van der Waals surface area contributed by atoms with Crippen LogP contribution >= 0.6 is 27.3 Å². The third-order valence-electron chi connectivity index (χ3n) is 3.77. The minimum absolute atomic E-state index is 0.145. The van der Waals surface area contributed by atoms with Gasteiger partial charge in [-0.25, -0.2) is 4.79 Å². The number of ether oxygens (including phenoxy) is 2. The molecule has 1 aromatic heterocycles. The molecular formula is C20H24BrNO4S. The summed E-state index contributed by atoms with van der Waals surface area (Å²) in [4.78, 5) is 25.4. The Labute approximate surface area is 172 Å².